The van der Waals surface area contributed by atoms with E-state index in [4.69, 9.17) is 4.98 Å². The molecule has 0 radical (unpaired) electrons. The number of amides is 2. The van der Waals surface area contributed by atoms with Gasteiger partial charge in [-0.15, -0.1) is 0 Å². The Balaban J connectivity index is 1.43. The molecule has 2 aromatic carbocycles. The third kappa shape index (κ3) is 3.60. The second kappa shape index (κ2) is 8.17. The minimum atomic E-state index is -0.549. The van der Waals surface area contributed by atoms with E-state index in [1.807, 2.05) is 64.1 Å². The van der Waals surface area contributed by atoms with Gasteiger partial charge in [0.25, 0.3) is 5.91 Å². The maximum absolute atomic E-state index is 13.6. The number of benzene rings is 2. The van der Waals surface area contributed by atoms with E-state index in [2.05, 4.69) is 12.2 Å². The van der Waals surface area contributed by atoms with Crippen LogP contribution in [0.15, 0.2) is 54.6 Å². The number of nitrogens with one attached hydrogen (secondary N) is 1. The molecule has 1 aliphatic carbocycles. The van der Waals surface area contributed by atoms with Crippen molar-refractivity contribution in [1.82, 2.24) is 14.9 Å². The number of hydrogen-bond acceptors (Lipinski definition) is 3. The fourth-order valence-corrected chi connectivity index (χ4v) is 5.09. The average molecular weight is 417 g/mol. The number of imidazole rings is 1. The summed E-state index contributed by atoms with van der Waals surface area (Å²) in [5, 5.41) is 2.98. The fourth-order valence-electron chi connectivity index (χ4n) is 5.09. The smallest absolute Gasteiger partial charge is 0.253 e. The summed E-state index contributed by atoms with van der Waals surface area (Å²) in [6.07, 6.45) is 4.57. The Morgan fingerprint density at radius 2 is 1.81 bits per heavy atom. The number of rotatable bonds is 5. The summed E-state index contributed by atoms with van der Waals surface area (Å²) in [6.45, 7) is 2.69. The van der Waals surface area contributed by atoms with Crippen LogP contribution in [0, 0.1) is 5.92 Å². The molecule has 0 saturated heterocycles. The predicted molar refractivity (Wildman–Crippen MR) is 121 cm³/mol. The first-order chi connectivity index (χ1) is 15.1. The normalized spacial score (nSPS) is 23.2. The van der Waals surface area contributed by atoms with Gasteiger partial charge in [0.1, 0.15) is 6.04 Å². The molecule has 2 aliphatic rings. The minimum absolute atomic E-state index is 0.00173. The molecule has 1 aromatic heterocycles. The van der Waals surface area contributed by atoms with Crippen LogP contribution < -0.4 is 10.2 Å². The van der Waals surface area contributed by atoms with Crippen LogP contribution in [0.1, 0.15) is 50.6 Å². The van der Waals surface area contributed by atoms with Gasteiger partial charge in [-0.2, -0.15) is 0 Å². The number of carbonyl (C=O) groups is 2. The highest BCUT2D eigenvalue weighted by molar-refractivity contribution is 6.04. The molecule has 0 spiro atoms. The first-order valence-corrected chi connectivity index (χ1v) is 11.2. The molecule has 1 saturated carbocycles. The van der Waals surface area contributed by atoms with Crippen LogP contribution in [-0.2, 0) is 16.1 Å². The number of nitrogens with zero attached hydrogens (tertiary/aromatic N) is 3. The molecular formula is C25H28N4O2. The maximum Gasteiger partial charge on any atom is 0.253 e. The third-order valence-corrected chi connectivity index (χ3v) is 6.74. The molecule has 3 aromatic rings. The highest BCUT2D eigenvalue weighted by Crippen LogP contribution is 2.41. The van der Waals surface area contributed by atoms with E-state index >= 15 is 0 Å². The Morgan fingerprint density at radius 1 is 1.06 bits per heavy atom. The minimum Gasteiger partial charge on any atom is -0.352 e. The van der Waals surface area contributed by atoms with Crippen LogP contribution in [0.5, 0.6) is 0 Å². The quantitative estimate of drug-likeness (QED) is 0.678. The van der Waals surface area contributed by atoms with E-state index in [1.54, 1.807) is 0 Å². The van der Waals surface area contributed by atoms with Crippen LogP contribution in [0.25, 0.3) is 11.0 Å². The lowest BCUT2D eigenvalue weighted by Gasteiger charge is -2.35. The highest BCUT2D eigenvalue weighted by atomic mass is 16.2. The zero-order chi connectivity index (χ0) is 21.4. The van der Waals surface area contributed by atoms with Gasteiger partial charge in [0.05, 0.1) is 17.5 Å². The van der Waals surface area contributed by atoms with Gasteiger partial charge < -0.3 is 5.32 Å². The summed E-state index contributed by atoms with van der Waals surface area (Å²) in [5.74, 6) is 1.01. The van der Waals surface area contributed by atoms with E-state index in [0.717, 1.165) is 35.9 Å². The summed E-state index contributed by atoms with van der Waals surface area (Å²) >= 11 is 0. The van der Waals surface area contributed by atoms with Crippen molar-refractivity contribution in [3.05, 3.63) is 60.2 Å². The first kappa shape index (κ1) is 19.8. The number of carbonyl (C=O) groups excluding carboxylic acids is 2. The Hall–Kier alpha value is -3.15. The van der Waals surface area contributed by atoms with Gasteiger partial charge in [-0.3, -0.25) is 19.1 Å². The lowest BCUT2D eigenvalue weighted by Crippen LogP contribution is -2.45. The van der Waals surface area contributed by atoms with Crippen LogP contribution in [0.4, 0.5) is 5.95 Å². The Labute approximate surface area is 182 Å². The van der Waals surface area contributed by atoms with E-state index in [-0.39, 0.29) is 24.3 Å². The molecule has 0 unspecified atom stereocenters. The SMILES string of the molecule is C[C@@H]1CCCC[C@H]1N1C(=O)[C@H](CC(=O)NCc2ccccc2)n2c1nc1ccccc12. The molecule has 0 bridgehead atoms. The van der Waals surface area contributed by atoms with E-state index in [9.17, 15) is 9.59 Å². The van der Waals surface area contributed by atoms with Crippen molar-refractivity contribution >= 4 is 28.8 Å². The number of hydrogen-bond donors (Lipinski definition) is 1. The van der Waals surface area contributed by atoms with Crippen molar-refractivity contribution in [3.8, 4) is 0 Å². The second-order valence-corrected chi connectivity index (χ2v) is 8.79. The molecule has 1 N–H and O–H groups in total. The molecule has 160 valence electrons. The zero-order valence-electron chi connectivity index (χ0n) is 17.8. The van der Waals surface area contributed by atoms with Crippen LogP contribution in [-0.4, -0.2) is 27.4 Å². The molecule has 1 fully saturated rings. The van der Waals surface area contributed by atoms with Crippen molar-refractivity contribution in [2.24, 2.45) is 5.92 Å². The van der Waals surface area contributed by atoms with E-state index in [0.29, 0.717) is 18.4 Å². The fraction of sp³-hybridized carbons (Fsp3) is 0.400. The lowest BCUT2D eigenvalue weighted by atomic mass is 9.85. The van der Waals surface area contributed by atoms with Crippen molar-refractivity contribution in [3.63, 3.8) is 0 Å². The standard InChI is InChI=1S/C25H28N4O2/c1-17-9-5-7-13-20(17)29-24(31)22(15-23(30)26-16-18-10-3-2-4-11-18)28-21-14-8-6-12-19(21)27-25(28)29/h2-4,6,8,10-12,14,17,20,22H,5,7,9,13,15-16H2,1H3,(H,26,30)/t17-,20-,22+/m1/s1. The molecule has 2 amide bonds. The molecule has 5 rings (SSSR count). The molecular weight excluding hydrogens is 388 g/mol. The van der Waals surface area contributed by atoms with Crippen LogP contribution in [0.3, 0.4) is 0 Å². The van der Waals surface area contributed by atoms with Gasteiger partial charge in [-0.05, 0) is 36.5 Å². The van der Waals surface area contributed by atoms with E-state index in [1.165, 1.54) is 6.42 Å². The van der Waals surface area contributed by atoms with Crippen molar-refractivity contribution in [2.75, 3.05) is 4.90 Å². The topological polar surface area (TPSA) is 67.2 Å². The Morgan fingerprint density at radius 3 is 2.61 bits per heavy atom. The summed E-state index contributed by atoms with van der Waals surface area (Å²) in [7, 11) is 0. The van der Waals surface area contributed by atoms with Gasteiger partial charge in [-0.25, -0.2) is 4.98 Å². The summed E-state index contributed by atoms with van der Waals surface area (Å²) in [4.78, 5) is 33.1. The predicted octanol–water partition coefficient (Wildman–Crippen LogP) is 4.21. The molecule has 1 aliphatic heterocycles. The Kier molecular flexibility index (Phi) is 5.22. The highest BCUT2D eigenvalue weighted by Gasteiger charge is 2.45. The summed E-state index contributed by atoms with van der Waals surface area (Å²) < 4.78 is 1.99. The number of aromatic nitrogens is 2. The second-order valence-electron chi connectivity index (χ2n) is 8.79. The maximum atomic E-state index is 13.6. The third-order valence-electron chi connectivity index (χ3n) is 6.74. The summed E-state index contributed by atoms with van der Waals surface area (Å²) in [6, 6.07) is 17.3. The van der Waals surface area contributed by atoms with Crippen LogP contribution in [0.2, 0.25) is 0 Å². The van der Waals surface area contributed by atoms with Crippen molar-refractivity contribution in [2.45, 2.75) is 57.7 Å². The molecule has 6 heteroatoms. The first-order valence-electron chi connectivity index (χ1n) is 11.2. The molecule has 6 nitrogen and oxygen atoms in total. The molecule has 3 atom stereocenters. The summed E-state index contributed by atoms with van der Waals surface area (Å²) in [5.41, 5.74) is 2.82. The van der Waals surface area contributed by atoms with Crippen molar-refractivity contribution < 1.29 is 9.59 Å². The molecule has 2 heterocycles. The number of para-hydroxylation sites is 2. The largest absolute Gasteiger partial charge is 0.352 e. The number of fused-ring (bicyclic) bond motifs is 3. The zero-order valence-corrected chi connectivity index (χ0v) is 17.8. The van der Waals surface area contributed by atoms with Gasteiger partial charge in [0.15, 0.2) is 0 Å². The van der Waals surface area contributed by atoms with Gasteiger partial charge in [0, 0.05) is 12.6 Å². The van der Waals surface area contributed by atoms with Crippen molar-refractivity contribution in [1.29, 1.82) is 0 Å². The van der Waals surface area contributed by atoms with Gasteiger partial charge in [0.2, 0.25) is 11.9 Å². The monoisotopic (exact) mass is 416 g/mol. The number of anilines is 1. The van der Waals surface area contributed by atoms with E-state index < -0.39 is 6.04 Å². The molecule has 31 heavy (non-hydrogen) atoms. The van der Waals surface area contributed by atoms with Gasteiger partial charge in [-0.1, -0.05) is 62.2 Å². The van der Waals surface area contributed by atoms with Crippen LogP contribution >= 0.6 is 0 Å². The van der Waals surface area contributed by atoms with Gasteiger partial charge >= 0.3 is 0 Å². The Bertz CT molecular complexity index is 1110. The average Bonchev–Trinajstić information content (AvgIpc) is 3.28. The lowest BCUT2D eigenvalue weighted by molar-refractivity contribution is -0.127.